The van der Waals surface area contributed by atoms with Gasteiger partial charge in [0.05, 0.1) is 12.2 Å². The van der Waals surface area contributed by atoms with Crippen molar-refractivity contribution in [1.29, 1.82) is 0 Å². The Bertz CT molecular complexity index is 1010. The van der Waals surface area contributed by atoms with E-state index >= 15 is 0 Å². The predicted molar refractivity (Wildman–Crippen MR) is 114 cm³/mol. The van der Waals surface area contributed by atoms with Crippen LogP contribution in [0.4, 0.5) is 13.2 Å². The summed E-state index contributed by atoms with van der Waals surface area (Å²) in [5.74, 6) is -0.157. The van der Waals surface area contributed by atoms with Gasteiger partial charge in [0.2, 0.25) is 5.41 Å². The number of methoxy groups -OCH3 is 1. The maximum Gasteiger partial charge on any atom is 0.417 e. The van der Waals surface area contributed by atoms with E-state index in [1.54, 1.807) is 12.1 Å². The average molecular weight is 446 g/mol. The molecular weight excluding hydrogens is 421 g/mol. The van der Waals surface area contributed by atoms with Crippen LogP contribution in [0, 0.1) is 12.3 Å². The third-order valence-electron chi connectivity index (χ3n) is 5.04. The van der Waals surface area contributed by atoms with Crippen molar-refractivity contribution in [1.82, 2.24) is 0 Å². The van der Waals surface area contributed by atoms with E-state index in [1.165, 1.54) is 25.3 Å². The summed E-state index contributed by atoms with van der Waals surface area (Å²) in [5, 5.41) is 0. The van der Waals surface area contributed by atoms with Crippen molar-refractivity contribution < 1.29 is 32.2 Å². The van der Waals surface area contributed by atoms with E-state index in [2.05, 4.69) is 5.92 Å². The van der Waals surface area contributed by atoms with E-state index in [0.717, 1.165) is 23.8 Å². The number of halogens is 3. The van der Waals surface area contributed by atoms with Gasteiger partial charge in [-0.05, 0) is 22.6 Å². The number of hydrogen-bond acceptors (Lipinski definition) is 4. The molecule has 170 valence electrons. The number of hydrogen-bond donors (Lipinski definition) is 0. The number of ketones is 1. The second-order valence-corrected chi connectivity index (χ2v) is 8.22. The number of terminal acetylenes is 1. The largest absolute Gasteiger partial charge is 0.462 e. The monoisotopic (exact) mass is 446 g/mol. The average Bonchev–Trinajstić information content (AvgIpc) is 2.74. The molecule has 1 atom stereocenters. The summed E-state index contributed by atoms with van der Waals surface area (Å²) in [6, 6.07) is 10.5. The standard InChI is InChI=1S/C25H25F3O4/c1-6-24(22(30)32-16-15-31-5,18-13-11-17(12-14-18)23(2,3)4)21(29)19-9-7-8-10-20(19)25(26,27)28/h1,7-14H,15-16H2,2-5H3. The first kappa shape index (κ1) is 25.2. The highest BCUT2D eigenvalue weighted by atomic mass is 19.4. The van der Waals surface area contributed by atoms with E-state index in [4.69, 9.17) is 15.9 Å². The SMILES string of the molecule is C#CC(C(=O)OCCOC)(C(=O)c1ccccc1C(F)(F)F)c1ccc(C(C)(C)C)cc1. The van der Waals surface area contributed by atoms with E-state index in [0.29, 0.717) is 0 Å². The second kappa shape index (κ2) is 9.58. The molecule has 0 amide bonds. The molecule has 2 rings (SSSR count). The highest BCUT2D eigenvalue weighted by Crippen LogP contribution is 2.37. The Kier molecular flexibility index (Phi) is 7.53. The molecular formula is C25H25F3O4. The smallest absolute Gasteiger partial charge is 0.417 e. The summed E-state index contributed by atoms with van der Waals surface area (Å²) in [5.41, 5.74) is -3.57. The molecule has 2 aromatic rings. The first-order valence-electron chi connectivity index (χ1n) is 9.85. The Morgan fingerprint density at radius 3 is 2.00 bits per heavy atom. The fraction of sp³-hybridized carbons (Fsp3) is 0.360. The minimum atomic E-state index is -4.82. The highest BCUT2D eigenvalue weighted by Gasteiger charge is 2.50. The zero-order valence-corrected chi connectivity index (χ0v) is 18.4. The van der Waals surface area contributed by atoms with Crippen LogP contribution in [0.1, 0.15) is 47.8 Å². The van der Waals surface area contributed by atoms with Gasteiger partial charge in [-0.2, -0.15) is 13.2 Å². The van der Waals surface area contributed by atoms with Gasteiger partial charge in [-0.3, -0.25) is 4.79 Å². The number of esters is 1. The molecule has 0 N–H and O–H groups in total. The molecule has 0 saturated carbocycles. The van der Waals surface area contributed by atoms with Gasteiger partial charge in [0.15, 0.2) is 5.78 Å². The van der Waals surface area contributed by atoms with Crippen LogP contribution in [0.2, 0.25) is 0 Å². The lowest BCUT2D eigenvalue weighted by atomic mass is 9.73. The van der Waals surface area contributed by atoms with Crippen molar-refractivity contribution in [3.63, 3.8) is 0 Å². The molecule has 0 aliphatic carbocycles. The topological polar surface area (TPSA) is 52.6 Å². The van der Waals surface area contributed by atoms with Gasteiger partial charge >= 0.3 is 12.1 Å². The van der Waals surface area contributed by atoms with Gasteiger partial charge in [0.1, 0.15) is 6.61 Å². The predicted octanol–water partition coefficient (Wildman–Crippen LogP) is 4.95. The van der Waals surface area contributed by atoms with Gasteiger partial charge in [-0.1, -0.05) is 69.2 Å². The highest BCUT2D eigenvalue weighted by molar-refractivity contribution is 6.20. The number of benzene rings is 2. The zero-order valence-electron chi connectivity index (χ0n) is 18.4. The van der Waals surface area contributed by atoms with Crippen LogP contribution in [0.5, 0.6) is 0 Å². The Hall–Kier alpha value is -3.11. The zero-order chi connectivity index (χ0) is 24.2. The summed E-state index contributed by atoms with van der Waals surface area (Å²) < 4.78 is 50.8. The van der Waals surface area contributed by atoms with Gasteiger partial charge in [-0.25, -0.2) is 4.79 Å². The minimum absolute atomic E-state index is 0.0304. The summed E-state index contributed by atoms with van der Waals surface area (Å²) in [6.07, 6.45) is 0.865. The molecule has 0 spiro atoms. The molecule has 0 fully saturated rings. The molecule has 4 nitrogen and oxygen atoms in total. The Labute approximate surface area is 185 Å². The van der Waals surface area contributed by atoms with E-state index in [9.17, 15) is 22.8 Å². The molecule has 0 aliphatic heterocycles. The van der Waals surface area contributed by atoms with Gasteiger partial charge in [0.25, 0.3) is 0 Å². The molecule has 0 radical (unpaired) electrons. The number of Topliss-reactive ketones (excluding diaryl/α,β-unsaturated/α-hetero) is 1. The third kappa shape index (κ3) is 5.03. The van der Waals surface area contributed by atoms with E-state index in [1.807, 2.05) is 20.8 Å². The molecule has 0 aliphatic rings. The summed E-state index contributed by atoms with van der Waals surface area (Å²) in [6.45, 7) is 5.73. The molecule has 0 heterocycles. The van der Waals surface area contributed by atoms with Gasteiger partial charge in [-0.15, -0.1) is 6.42 Å². The van der Waals surface area contributed by atoms with Crippen molar-refractivity contribution in [2.45, 2.75) is 37.8 Å². The lowest BCUT2D eigenvalue weighted by Gasteiger charge is -2.28. The van der Waals surface area contributed by atoms with Crippen LogP contribution in [0.25, 0.3) is 0 Å². The first-order chi connectivity index (χ1) is 14.9. The van der Waals surface area contributed by atoms with Crippen molar-refractivity contribution in [3.05, 3.63) is 70.8 Å². The van der Waals surface area contributed by atoms with E-state index < -0.39 is 34.5 Å². The quantitative estimate of drug-likeness (QED) is 0.199. The second-order valence-electron chi connectivity index (χ2n) is 8.22. The Balaban J connectivity index is 2.71. The third-order valence-corrected chi connectivity index (χ3v) is 5.04. The normalized spacial score (nSPS) is 13.7. The minimum Gasteiger partial charge on any atom is -0.462 e. The molecule has 1 unspecified atom stereocenters. The lowest BCUT2D eigenvalue weighted by Crippen LogP contribution is -2.45. The lowest BCUT2D eigenvalue weighted by molar-refractivity contribution is -0.148. The molecule has 7 heteroatoms. The maximum atomic E-state index is 13.6. The number of ether oxygens (including phenoxy) is 2. The molecule has 0 aromatic heterocycles. The maximum absolute atomic E-state index is 13.6. The van der Waals surface area contributed by atoms with Crippen molar-refractivity contribution in [2.75, 3.05) is 20.3 Å². The number of carbonyl (C=O) groups is 2. The van der Waals surface area contributed by atoms with Crippen LogP contribution >= 0.6 is 0 Å². The Morgan fingerprint density at radius 1 is 0.938 bits per heavy atom. The molecule has 0 bridgehead atoms. The summed E-state index contributed by atoms with van der Waals surface area (Å²) >= 11 is 0. The Morgan fingerprint density at radius 2 is 1.50 bits per heavy atom. The number of rotatable bonds is 7. The van der Waals surface area contributed by atoms with Crippen LogP contribution in [-0.2, 0) is 31.3 Å². The number of alkyl halides is 3. The van der Waals surface area contributed by atoms with Crippen molar-refractivity contribution in [2.24, 2.45) is 0 Å². The van der Waals surface area contributed by atoms with Crippen molar-refractivity contribution >= 4 is 11.8 Å². The van der Waals surface area contributed by atoms with Crippen LogP contribution in [0.3, 0.4) is 0 Å². The van der Waals surface area contributed by atoms with E-state index in [-0.39, 0.29) is 24.2 Å². The van der Waals surface area contributed by atoms with Gasteiger partial charge in [0, 0.05) is 12.7 Å². The fourth-order valence-electron chi connectivity index (χ4n) is 3.23. The summed E-state index contributed by atoms with van der Waals surface area (Å²) in [7, 11) is 1.39. The number of carbonyl (C=O) groups excluding carboxylic acids is 2. The van der Waals surface area contributed by atoms with Gasteiger partial charge < -0.3 is 9.47 Å². The van der Waals surface area contributed by atoms with Crippen LogP contribution in [-0.4, -0.2) is 32.1 Å². The van der Waals surface area contributed by atoms with Crippen molar-refractivity contribution in [3.8, 4) is 12.3 Å². The first-order valence-corrected chi connectivity index (χ1v) is 9.85. The summed E-state index contributed by atoms with van der Waals surface area (Å²) in [4.78, 5) is 26.7. The molecule has 0 saturated heterocycles. The van der Waals surface area contributed by atoms with Crippen LogP contribution in [0.15, 0.2) is 48.5 Å². The fourth-order valence-corrected chi connectivity index (χ4v) is 3.23. The molecule has 2 aromatic carbocycles. The molecule has 32 heavy (non-hydrogen) atoms. The van der Waals surface area contributed by atoms with Crippen LogP contribution < -0.4 is 0 Å².